The molecule has 2 nitrogen and oxygen atoms in total. The lowest BCUT2D eigenvalue weighted by molar-refractivity contribution is 0.0927. The van der Waals surface area contributed by atoms with E-state index in [0.29, 0.717) is 27.9 Å². The normalized spacial score (nSPS) is 23.8. The lowest BCUT2D eigenvalue weighted by Crippen LogP contribution is -2.39. The molecule has 1 aromatic rings. The highest BCUT2D eigenvalue weighted by molar-refractivity contribution is 6.43. The number of nitrogens with zero attached hydrogens (tertiary/aromatic N) is 1. The Hall–Kier alpha value is -0.570. The van der Waals surface area contributed by atoms with E-state index < -0.39 is 0 Å². The molecule has 2 rings (SSSR count). The number of piperidine rings is 1. The number of rotatable bonds is 4. The Labute approximate surface area is 131 Å². The smallest absolute Gasteiger partial charge is 0.165 e. The third-order valence-electron chi connectivity index (χ3n) is 4.33. The fourth-order valence-electron chi connectivity index (χ4n) is 2.67. The summed E-state index contributed by atoms with van der Waals surface area (Å²) in [5.41, 5.74) is 0.539. The van der Waals surface area contributed by atoms with Gasteiger partial charge in [-0.1, -0.05) is 43.1 Å². The van der Waals surface area contributed by atoms with Crippen LogP contribution in [0.15, 0.2) is 18.2 Å². The molecule has 0 saturated carbocycles. The first kappa shape index (κ1) is 15.8. The number of carbonyl (C=O) groups excluding carboxylic acids is 1. The van der Waals surface area contributed by atoms with Gasteiger partial charge in [-0.25, -0.2) is 0 Å². The highest BCUT2D eigenvalue weighted by atomic mass is 35.5. The van der Waals surface area contributed by atoms with E-state index in [2.05, 4.69) is 18.7 Å². The quantitative estimate of drug-likeness (QED) is 0.760. The van der Waals surface area contributed by atoms with E-state index in [0.717, 1.165) is 25.6 Å². The van der Waals surface area contributed by atoms with Crippen molar-refractivity contribution in [1.82, 2.24) is 4.90 Å². The molecule has 0 aliphatic carbocycles. The Morgan fingerprint density at radius 3 is 2.75 bits per heavy atom. The van der Waals surface area contributed by atoms with Crippen LogP contribution in [0.4, 0.5) is 0 Å². The molecule has 1 heterocycles. The van der Waals surface area contributed by atoms with Crippen LogP contribution in [0.3, 0.4) is 0 Å². The topological polar surface area (TPSA) is 20.3 Å². The molecule has 0 amide bonds. The highest BCUT2D eigenvalue weighted by Crippen LogP contribution is 2.27. The number of benzene rings is 1. The SMILES string of the molecule is CC1CCN(CCC(=O)c2cccc(Cl)c2Cl)CC1C. The fourth-order valence-corrected chi connectivity index (χ4v) is 3.07. The number of carbonyl (C=O) groups is 1. The minimum Gasteiger partial charge on any atom is -0.303 e. The summed E-state index contributed by atoms with van der Waals surface area (Å²) < 4.78 is 0. The lowest BCUT2D eigenvalue weighted by Gasteiger charge is -2.35. The molecular weight excluding hydrogens is 293 g/mol. The first-order valence-electron chi connectivity index (χ1n) is 7.18. The molecule has 1 saturated heterocycles. The summed E-state index contributed by atoms with van der Waals surface area (Å²) in [6, 6.07) is 5.22. The van der Waals surface area contributed by atoms with Crippen molar-refractivity contribution in [3.05, 3.63) is 33.8 Å². The Balaban J connectivity index is 1.91. The molecule has 2 atom stereocenters. The second-order valence-electron chi connectivity index (χ2n) is 5.82. The third-order valence-corrected chi connectivity index (χ3v) is 5.14. The maximum absolute atomic E-state index is 12.2. The third kappa shape index (κ3) is 3.75. The fraction of sp³-hybridized carbons (Fsp3) is 0.562. The van der Waals surface area contributed by atoms with E-state index in [4.69, 9.17) is 23.2 Å². The summed E-state index contributed by atoms with van der Waals surface area (Å²) in [4.78, 5) is 14.6. The van der Waals surface area contributed by atoms with Gasteiger partial charge in [0.25, 0.3) is 0 Å². The maximum Gasteiger partial charge on any atom is 0.165 e. The lowest BCUT2D eigenvalue weighted by atomic mass is 9.88. The van der Waals surface area contributed by atoms with Crippen molar-refractivity contribution in [3.8, 4) is 0 Å². The molecule has 0 radical (unpaired) electrons. The molecule has 20 heavy (non-hydrogen) atoms. The van der Waals surface area contributed by atoms with E-state index in [-0.39, 0.29) is 5.78 Å². The summed E-state index contributed by atoms with van der Waals surface area (Å²) in [5.74, 6) is 1.56. The van der Waals surface area contributed by atoms with E-state index in [9.17, 15) is 4.79 Å². The minimum atomic E-state index is 0.0729. The largest absolute Gasteiger partial charge is 0.303 e. The van der Waals surface area contributed by atoms with Crippen molar-refractivity contribution in [2.75, 3.05) is 19.6 Å². The van der Waals surface area contributed by atoms with Gasteiger partial charge in [-0.05, 0) is 36.9 Å². The number of hydrogen-bond acceptors (Lipinski definition) is 2. The molecule has 1 fully saturated rings. The second kappa shape index (κ2) is 6.93. The van der Waals surface area contributed by atoms with Gasteiger partial charge in [-0.3, -0.25) is 4.79 Å². The van der Waals surface area contributed by atoms with Crippen LogP contribution in [0.1, 0.15) is 37.0 Å². The predicted molar refractivity (Wildman–Crippen MR) is 84.8 cm³/mol. The van der Waals surface area contributed by atoms with E-state index in [1.165, 1.54) is 6.42 Å². The maximum atomic E-state index is 12.2. The zero-order valence-corrected chi connectivity index (χ0v) is 13.5. The van der Waals surface area contributed by atoms with E-state index in [1.807, 2.05) is 0 Å². The van der Waals surface area contributed by atoms with E-state index in [1.54, 1.807) is 18.2 Å². The Bertz CT molecular complexity index is 489. The van der Waals surface area contributed by atoms with Crippen LogP contribution in [0.2, 0.25) is 10.0 Å². The van der Waals surface area contributed by atoms with Gasteiger partial charge >= 0.3 is 0 Å². The molecule has 0 aromatic heterocycles. The van der Waals surface area contributed by atoms with Crippen LogP contribution < -0.4 is 0 Å². The van der Waals surface area contributed by atoms with Crippen LogP contribution in [0.25, 0.3) is 0 Å². The zero-order chi connectivity index (χ0) is 14.7. The molecule has 0 bridgehead atoms. The number of Topliss-reactive ketones (excluding diaryl/α,β-unsaturated/α-hetero) is 1. The van der Waals surface area contributed by atoms with Gasteiger partial charge < -0.3 is 4.90 Å². The Morgan fingerprint density at radius 1 is 1.30 bits per heavy atom. The molecular formula is C16H21Cl2NO. The van der Waals surface area contributed by atoms with Crippen molar-refractivity contribution in [2.45, 2.75) is 26.7 Å². The standard InChI is InChI=1S/C16H21Cl2NO/c1-11-6-8-19(10-12(11)2)9-7-15(20)13-4-3-5-14(17)16(13)18/h3-5,11-12H,6-10H2,1-2H3. The first-order valence-corrected chi connectivity index (χ1v) is 7.94. The van der Waals surface area contributed by atoms with Crippen LogP contribution in [0.5, 0.6) is 0 Å². The highest BCUT2D eigenvalue weighted by Gasteiger charge is 2.23. The molecule has 110 valence electrons. The Kier molecular flexibility index (Phi) is 5.48. The van der Waals surface area contributed by atoms with Crippen LogP contribution in [-0.2, 0) is 0 Å². The van der Waals surface area contributed by atoms with Crippen molar-refractivity contribution in [1.29, 1.82) is 0 Å². The van der Waals surface area contributed by atoms with Gasteiger partial charge in [0.05, 0.1) is 10.0 Å². The van der Waals surface area contributed by atoms with Crippen molar-refractivity contribution in [3.63, 3.8) is 0 Å². The van der Waals surface area contributed by atoms with Crippen LogP contribution >= 0.6 is 23.2 Å². The molecule has 2 unspecified atom stereocenters. The van der Waals surface area contributed by atoms with Gasteiger partial charge in [0.1, 0.15) is 0 Å². The number of likely N-dealkylation sites (tertiary alicyclic amines) is 1. The molecule has 1 aromatic carbocycles. The van der Waals surface area contributed by atoms with Crippen molar-refractivity contribution < 1.29 is 4.79 Å². The average Bonchev–Trinajstić information content (AvgIpc) is 2.43. The monoisotopic (exact) mass is 313 g/mol. The minimum absolute atomic E-state index is 0.0729. The molecule has 0 N–H and O–H groups in total. The zero-order valence-electron chi connectivity index (χ0n) is 12.0. The summed E-state index contributed by atoms with van der Waals surface area (Å²) in [7, 11) is 0. The molecule has 1 aliphatic heterocycles. The summed E-state index contributed by atoms with van der Waals surface area (Å²) in [6.07, 6.45) is 1.72. The van der Waals surface area contributed by atoms with Gasteiger partial charge in [-0.2, -0.15) is 0 Å². The molecule has 1 aliphatic rings. The number of halogens is 2. The first-order chi connectivity index (χ1) is 9.49. The van der Waals surface area contributed by atoms with Gasteiger partial charge in [0.2, 0.25) is 0 Å². The average molecular weight is 314 g/mol. The van der Waals surface area contributed by atoms with Gasteiger partial charge in [-0.15, -0.1) is 0 Å². The molecule has 0 spiro atoms. The van der Waals surface area contributed by atoms with E-state index >= 15 is 0 Å². The number of hydrogen-bond donors (Lipinski definition) is 0. The summed E-state index contributed by atoms with van der Waals surface area (Å²) >= 11 is 12.0. The van der Waals surface area contributed by atoms with Crippen molar-refractivity contribution >= 4 is 29.0 Å². The van der Waals surface area contributed by atoms with Crippen LogP contribution in [-0.4, -0.2) is 30.3 Å². The predicted octanol–water partition coefficient (Wildman–Crippen LogP) is 4.54. The van der Waals surface area contributed by atoms with Crippen LogP contribution in [0, 0.1) is 11.8 Å². The van der Waals surface area contributed by atoms with Gasteiger partial charge in [0.15, 0.2) is 5.78 Å². The second-order valence-corrected chi connectivity index (χ2v) is 6.60. The molecule has 4 heteroatoms. The van der Waals surface area contributed by atoms with Gasteiger partial charge in [0, 0.05) is 25.1 Å². The Morgan fingerprint density at radius 2 is 2.05 bits per heavy atom. The summed E-state index contributed by atoms with van der Waals surface area (Å²) in [5, 5.41) is 0.817. The number of ketones is 1. The van der Waals surface area contributed by atoms with Crippen molar-refractivity contribution in [2.24, 2.45) is 11.8 Å². The summed E-state index contributed by atoms with van der Waals surface area (Å²) in [6.45, 7) is 7.56.